The van der Waals surface area contributed by atoms with Gasteiger partial charge < -0.3 is 14.6 Å². The quantitative estimate of drug-likeness (QED) is 0.724. The van der Waals surface area contributed by atoms with Crippen molar-refractivity contribution in [2.75, 3.05) is 0 Å². The highest BCUT2D eigenvalue weighted by Gasteiger charge is 2.12. The molecule has 106 valence electrons. The molecule has 1 aromatic heterocycles. The Morgan fingerprint density at radius 1 is 0.905 bits per heavy atom. The molecule has 2 N–H and O–H groups in total. The number of phenols is 2. The highest BCUT2D eigenvalue weighted by atomic mass is 16.4. The van der Waals surface area contributed by atoms with Gasteiger partial charge in [-0.25, -0.2) is 0 Å². The predicted octanol–water partition coefficient (Wildman–Crippen LogP) is 2.99. The van der Waals surface area contributed by atoms with Crippen molar-refractivity contribution in [1.82, 2.24) is 0 Å². The number of fused-ring (bicyclic) bond motifs is 1. The van der Waals surface area contributed by atoms with Gasteiger partial charge in [0.05, 0.1) is 0 Å². The van der Waals surface area contributed by atoms with Crippen LogP contribution in [0.2, 0.25) is 0 Å². The lowest BCUT2D eigenvalue weighted by Gasteiger charge is -2.06. The molecular weight excluding hydrogens is 268 g/mol. The topological polar surface area (TPSA) is 70.7 Å². The molecule has 0 radical (unpaired) electrons. The van der Waals surface area contributed by atoms with Gasteiger partial charge in [0.2, 0.25) is 0 Å². The monoisotopic (exact) mass is 282 g/mol. The lowest BCUT2D eigenvalue weighted by Crippen LogP contribution is -2.03. The lowest BCUT2D eigenvalue weighted by atomic mass is 10.1. The van der Waals surface area contributed by atoms with Crippen LogP contribution in [0.1, 0.15) is 11.3 Å². The standard InChI is InChI=1S/C17H14O4/c18-13-8-9-14(19)17-16(13)15(20)10-12(21-17)7-6-11-4-2-1-3-5-11/h1-5,8-10,18-19H,6-7H2. The number of hydrogen-bond acceptors (Lipinski definition) is 4. The molecular formula is C17H14O4. The summed E-state index contributed by atoms with van der Waals surface area (Å²) in [6.45, 7) is 0. The van der Waals surface area contributed by atoms with Crippen LogP contribution in [0.25, 0.3) is 11.0 Å². The summed E-state index contributed by atoms with van der Waals surface area (Å²) in [6.07, 6.45) is 1.28. The first-order valence-electron chi connectivity index (χ1n) is 6.67. The Kier molecular flexibility index (Phi) is 3.36. The van der Waals surface area contributed by atoms with Crippen LogP contribution in [0.15, 0.2) is 57.7 Å². The smallest absolute Gasteiger partial charge is 0.196 e. The number of hydrogen-bond donors (Lipinski definition) is 2. The molecule has 0 aliphatic heterocycles. The summed E-state index contributed by atoms with van der Waals surface area (Å²) in [5, 5.41) is 19.5. The summed E-state index contributed by atoms with van der Waals surface area (Å²) in [6, 6.07) is 13.8. The maximum Gasteiger partial charge on any atom is 0.196 e. The molecule has 0 atom stereocenters. The van der Waals surface area contributed by atoms with Crippen molar-refractivity contribution in [3.8, 4) is 11.5 Å². The average molecular weight is 282 g/mol. The average Bonchev–Trinajstić information content (AvgIpc) is 2.50. The third-order valence-electron chi connectivity index (χ3n) is 3.39. The van der Waals surface area contributed by atoms with E-state index in [1.807, 2.05) is 30.3 Å². The molecule has 0 aliphatic rings. The van der Waals surface area contributed by atoms with Crippen LogP contribution in [0.5, 0.6) is 11.5 Å². The largest absolute Gasteiger partial charge is 0.507 e. The van der Waals surface area contributed by atoms with E-state index in [0.717, 1.165) is 12.0 Å². The summed E-state index contributed by atoms with van der Waals surface area (Å²) < 4.78 is 5.57. The number of phenolic OH excluding ortho intramolecular Hbond substituents is 2. The Morgan fingerprint density at radius 2 is 1.62 bits per heavy atom. The molecule has 0 bridgehead atoms. The molecule has 0 aliphatic carbocycles. The van der Waals surface area contributed by atoms with Gasteiger partial charge in [0.15, 0.2) is 16.8 Å². The molecule has 0 spiro atoms. The van der Waals surface area contributed by atoms with E-state index >= 15 is 0 Å². The zero-order chi connectivity index (χ0) is 14.8. The van der Waals surface area contributed by atoms with Crippen LogP contribution in [0, 0.1) is 0 Å². The summed E-state index contributed by atoms with van der Waals surface area (Å²) >= 11 is 0. The fourth-order valence-electron chi connectivity index (χ4n) is 2.32. The van der Waals surface area contributed by atoms with E-state index in [1.54, 1.807) is 0 Å². The number of aryl methyl sites for hydroxylation is 2. The van der Waals surface area contributed by atoms with Gasteiger partial charge in [0.25, 0.3) is 0 Å². The first kappa shape index (κ1) is 13.2. The second-order valence-electron chi connectivity index (χ2n) is 4.87. The molecule has 4 nitrogen and oxygen atoms in total. The molecule has 0 amide bonds. The minimum Gasteiger partial charge on any atom is -0.507 e. The zero-order valence-electron chi connectivity index (χ0n) is 11.2. The van der Waals surface area contributed by atoms with Crippen molar-refractivity contribution in [2.45, 2.75) is 12.8 Å². The Morgan fingerprint density at radius 3 is 2.38 bits per heavy atom. The van der Waals surface area contributed by atoms with Crippen LogP contribution in [0.4, 0.5) is 0 Å². The molecule has 21 heavy (non-hydrogen) atoms. The number of rotatable bonds is 3. The predicted molar refractivity (Wildman–Crippen MR) is 79.7 cm³/mol. The van der Waals surface area contributed by atoms with Crippen molar-refractivity contribution in [2.24, 2.45) is 0 Å². The summed E-state index contributed by atoms with van der Waals surface area (Å²) in [7, 11) is 0. The third kappa shape index (κ3) is 2.60. The second kappa shape index (κ2) is 5.32. The van der Waals surface area contributed by atoms with Crippen molar-refractivity contribution in [1.29, 1.82) is 0 Å². The van der Waals surface area contributed by atoms with E-state index in [1.165, 1.54) is 18.2 Å². The van der Waals surface area contributed by atoms with Gasteiger partial charge >= 0.3 is 0 Å². The lowest BCUT2D eigenvalue weighted by molar-refractivity contribution is 0.445. The van der Waals surface area contributed by atoms with Gasteiger partial charge in [-0.3, -0.25) is 4.79 Å². The van der Waals surface area contributed by atoms with Crippen LogP contribution in [-0.2, 0) is 12.8 Å². The van der Waals surface area contributed by atoms with Crippen LogP contribution in [0.3, 0.4) is 0 Å². The molecule has 0 unspecified atom stereocenters. The number of benzene rings is 2. The highest BCUT2D eigenvalue weighted by Crippen LogP contribution is 2.29. The first-order valence-corrected chi connectivity index (χ1v) is 6.67. The van der Waals surface area contributed by atoms with E-state index in [4.69, 9.17) is 4.42 Å². The van der Waals surface area contributed by atoms with Crippen LogP contribution < -0.4 is 5.43 Å². The Balaban J connectivity index is 1.97. The Hall–Kier alpha value is -2.75. The van der Waals surface area contributed by atoms with Gasteiger partial charge in [0, 0.05) is 12.5 Å². The molecule has 0 saturated heterocycles. The molecule has 0 saturated carbocycles. The Labute approximate surface area is 120 Å². The van der Waals surface area contributed by atoms with Gasteiger partial charge in [-0.05, 0) is 24.1 Å². The van der Waals surface area contributed by atoms with Crippen molar-refractivity contribution < 1.29 is 14.6 Å². The van der Waals surface area contributed by atoms with Gasteiger partial charge in [-0.1, -0.05) is 30.3 Å². The molecule has 1 heterocycles. The summed E-state index contributed by atoms with van der Waals surface area (Å²) in [5.74, 6) is 0.143. The van der Waals surface area contributed by atoms with E-state index in [2.05, 4.69) is 0 Å². The number of aromatic hydroxyl groups is 2. The van der Waals surface area contributed by atoms with Crippen molar-refractivity contribution >= 4 is 11.0 Å². The highest BCUT2D eigenvalue weighted by molar-refractivity contribution is 5.87. The molecule has 2 aromatic carbocycles. The fraction of sp³-hybridized carbons (Fsp3) is 0.118. The van der Waals surface area contributed by atoms with E-state index in [9.17, 15) is 15.0 Å². The Bertz CT molecular complexity index is 835. The minimum atomic E-state index is -0.354. The molecule has 3 rings (SSSR count). The van der Waals surface area contributed by atoms with Crippen LogP contribution in [-0.4, -0.2) is 10.2 Å². The van der Waals surface area contributed by atoms with E-state index in [-0.39, 0.29) is 27.9 Å². The van der Waals surface area contributed by atoms with Gasteiger partial charge in [-0.15, -0.1) is 0 Å². The molecule has 4 heteroatoms. The normalized spacial score (nSPS) is 10.9. The van der Waals surface area contributed by atoms with E-state index in [0.29, 0.717) is 12.2 Å². The van der Waals surface area contributed by atoms with E-state index < -0.39 is 0 Å². The summed E-state index contributed by atoms with van der Waals surface area (Å²) in [4.78, 5) is 12.1. The van der Waals surface area contributed by atoms with Crippen molar-refractivity contribution in [3.05, 3.63) is 70.1 Å². The maximum atomic E-state index is 12.1. The minimum absolute atomic E-state index is 0.0125. The first-order chi connectivity index (χ1) is 10.1. The summed E-state index contributed by atoms with van der Waals surface area (Å²) in [5.41, 5.74) is 0.818. The molecule has 3 aromatic rings. The van der Waals surface area contributed by atoms with Gasteiger partial charge in [0.1, 0.15) is 16.9 Å². The van der Waals surface area contributed by atoms with Crippen LogP contribution >= 0.6 is 0 Å². The van der Waals surface area contributed by atoms with Crippen molar-refractivity contribution in [3.63, 3.8) is 0 Å². The SMILES string of the molecule is O=c1cc(CCc2ccccc2)oc2c(O)ccc(O)c12. The molecule has 0 fully saturated rings. The van der Waals surface area contributed by atoms with Gasteiger partial charge in [-0.2, -0.15) is 0 Å². The maximum absolute atomic E-state index is 12.1. The second-order valence-corrected chi connectivity index (χ2v) is 4.87. The zero-order valence-corrected chi connectivity index (χ0v) is 11.2. The fourth-order valence-corrected chi connectivity index (χ4v) is 2.32. The third-order valence-corrected chi connectivity index (χ3v) is 3.39.